The average Bonchev–Trinajstić information content (AvgIpc) is 3.54. The first-order valence-electron chi connectivity index (χ1n) is 14.0. The van der Waals surface area contributed by atoms with Crippen molar-refractivity contribution in [1.82, 2.24) is 24.6 Å². The summed E-state index contributed by atoms with van der Waals surface area (Å²) in [6, 6.07) is 10.9. The number of benzene rings is 2. The summed E-state index contributed by atoms with van der Waals surface area (Å²) < 4.78 is 9.02. The zero-order valence-corrected chi connectivity index (χ0v) is 24.4. The molecule has 0 spiro atoms. The number of ether oxygens (including phenoxy) is 1. The van der Waals surface area contributed by atoms with E-state index in [1.807, 2.05) is 48.3 Å². The summed E-state index contributed by atoms with van der Waals surface area (Å²) >= 11 is 3.71. The zero-order chi connectivity index (χ0) is 28.7. The maximum Gasteiger partial charge on any atom is 0.307 e. The molecule has 6 rings (SSSR count). The van der Waals surface area contributed by atoms with Crippen molar-refractivity contribution in [3.8, 4) is 5.75 Å². The van der Waals surface area contributed by atoms with Gasteiger partial charge in [0.25, 0.3) is 5.91 Å². The number of nitrogens with zero attached hydrogens (tertiary/aromatic N) is 5. The van der Waals surface area contributed by atoms with Gasteiger partial charge in [-0.3, -0.25) is 14.4 Å². The third-order valence-electron chi connectivity index (χ3n) is 8.71. The number of rotatable bonds is 7. The summed E-state index contributed by atoms with van der Waals surface area (Å²) in [5, 5.41) is 18.0. The minimum Gasteiger partial charge on any atom is -0.485 e. The van der Waals surface area contributed by atoms with Crippen molar-refractivity contribution in [2.75, 3.05) is 13.1 Å². The van der Waals surface area contributed by atoms with Gasteiger partial charge in [0.2, 0.25) is 5.91 Å². The van der Waals surface area contributed by atoms with E-state index in [9.17, 15) is 19.5 Å². The van der Waals surface area contributed by atoms with Gasteiger partial charge in [0, 0.05) is 42.3 Å². The number of halogens is 1. The smallest absolute Gasteiger partial charge is 0.307 e. The molecule has 3 atom stereocenters. The lowest BCUT2D eigenvalue weighted by molar-refractivity contribution is -0.153. The molecule has 0 bridgehead atoms. The van der Waals surface area contributed by atoms with Crippen LogP contribution >= 0.6 is 15.9 Å². The molecule has 1 N–H and O–H groups in total. The summed E-state index contributed by atoms with van der Waals surface area (Å²) in [5.41, 5.74) is 3.50. The number of carboxylic acids is 1. The lowest BCUT2D eigenvalue weighted by Crippen LogP contribution is -2.50. The highest BCUT2D eigenvalue weighted by molar-refractivity contribution is 9.10. The molecule has 1 aromatic heterocycles. The molecule has 3 heterocycles. The van der Waals surface area contributed by atoms with E-state index in [1.54, 1.807) is 15.8 Å². The van der Waals surface area contributed by atoms with Gasteiger partial charge in [-0.05, 0) is 48.6 Å². The number of aryl methyl sites for hydroxylation is 1. The maximum absolute atomic E-state index is 14.2. The second-order valence-electron chi connectivity index (χ2n) is 11.1. The fourth-order valence-corrected chi connectivity index (χ4v) is 7.09. The third kappa shape index (κ3) is 5.11. The maximum atomic E-state index is 14.2. The van der Waals surface area contributed by atoms with Crippen LogP contribution in [0.15, 0.2) is 47.2 Å². The van der Waals surface area contributed by atoms with Crippen molar-refractivity contribution < 1.29 is 24.2 Å². The lowest BCUT2D eigenvalue weighted by Gasteiger charge is -2.43. The molecule has 3 aliphatic rings. The molecular weight excluding hydrogens is 590 g/mol. The van der Waals surface area contributed by atoms with Gasteiger partial charge >= 0.3 is 5.97 Å². The molecule has 41 heavy (non-hydrogen) atoms. The molecule has 11 heteroatoms. The highest BCUT2D eigenvalue weighted by Crippen LogP contribution is 2.43. The number of aromatic nitrogens is 3. The van der Waals surface area contributed by atoms with Crippen LogP contribution in [0.2, 0.25) is 0 Å². The van der Waals surface area contributed by atoms with E-state index in [0.717, 1.165) is 34.0 Å². The van der Waals surface area contributed by atoms with Crippen LogP contribution in [0, 0.1) is 11.8 Å². The second kappa shape index (κ2) is 11.3. The molecule has 10 nitrogen and oxygen atoms in total. The first-order chi connectivity index (χ1) is 19.8. The quantitative estimate of drug-likeness (QED) is 0.421. The summed E-state index contributed by atoms with van der Waals surface area (Å²) in [6.07, 6.45) is 4.87. The molecular formula is C30H32BrN5O5. The van der Waals surface area contributed by atoms with Crippen molar-refractivity contribution >= 4 is 33.7 Å². The number of aliphatic carboxylic acids is 1. The van der Waals surface area contributed by atoms with E-state index >= 15 is 0 Å². The fraction of sp³-hybridized carbons (Fsp3) is 0.433. The van der Waals surface area contributed by atoms with Gasteiger partial charge in [0.15, 0.2) is 5.82 Å². The Balaban J connectivity index is 1.39. The molecule has 2 aliphatic heterocycles. The van der Waals surface area contributed by atoms with Crippen molar-refractivity contribution in [2.45, 2.75) is 51.3 Å². The Hall–Kier alpha value is -3.73. The van der Waals surface area contributed by atoms with Crippen LogP contribution in [-0.2, 0) is 36.2 Å². The normalized spacial score (nSPS) is 21.9. The highest BCUT2D eigenvalue weighted by atomic mass is 79.9. The topological polar surface area (TPSA) is 118 Å². The van der Waals surface area contributed by atoms with Gasteiger partial charge in [0.1, 0.15) is 18.7 Å². The Kier molecular flexibility index (Phi) is 7.54. The number of carbonyl (C=O) groups is 3. The van der Waals surface area contributed by atoms with Crippen LogP contribution in [0.25, 0.3) is 0 Å². The number of amides is 2. The van der Waals surface area contributed by atoms with Gasteiger partial charge in [-0.2, -0.15) is 0 Å². The van der Waals surface area contributed by atoms with E-state index in [0.29, 0.717) is 49.5 Å². The van der Waals surface area contributed by atoms with E-state index in [4.69, 9.17) is 4.74 Å². The minimum atomic E-state index is -0.919. The van der Waals surface area contributed by atoms with Crippen LogP contribution in [0.4, 0.5) is 0 Å². The molecule has 214 valence electrons. The zero-order valence-electron chi connectivity index (χ0n) is 22.8. The van der Waals surface area contributed by atoms with Crippen LogP contribution in [0.5, 0.6) is 5.75 Å². The largest absolute Gasteiger partial charge is 0.485 e. The first-order valence-corrected chi connectivity index (χ1v) is 14.8. The molecule has 0 radical (unpaired) electrons. The van der Waals surface area contributed by atoms with Crippen LogP contribution in [0.1, 0.15) is 64.6 Å². The van der Waals surface area contributed by atoms with Crippen LogP contribution in [-0.4, -0.2) is 60.5 Å². The van der Waals surface area contributed by atoms with Crippen molar-refractivity contribution in [3.63, 3.8) is 0 Å². The number of carboxylic acid groups (broad SMARTS) is 1. The Morgan fingerprint density at radius 3 is 2.63 bits per heavy atom. The number of fused-ring (bicyclic) bond motifs is 2. The molecule has 1 saturated carbocycles. The van der Waals surface area contributed by atoms with E-state index < -0.39 is 23.8 Å². The number of carbonyl (C=O) groups excluding carboxylic acids is 2. The second-order valence-corrected chi connectivity index (χ2v) is 11.9. The van der Waals surface area contributed by atoms with Crippen LogP contribution in [0.3, 0.4) is 0 Å². The average molecular weight is 623 g/mol. The third-order valence-corrected chi connectivity index (χ3v) is 9.45. The molecule has 0 saturated heterocycles. The lowest BCUT2D eigenvalue weighted by atomic mass is 9.77. The standard InChI is InChI=1S/C30H32BrN5O5/c1-34-17-32-33-26(34)16-41-25-11-10-23(31)22-12-13-36(29(38)20-8-4-5-9-21(20)30(39)40)24(27(22)25)15-35-14-18-6-2-3-7-19(18)28(35)37/h2-3,6-7,10-11,17,20-21,24H,4-5,8-9,12-16H2,1H3,(H,39,40)/t20-,21+,24?/m1/s1. The summed E-state index contributed by atoms with van der Waals surface area (Å²) in [6.45, 7) is 1.34. The SMILES string of the molecule is Cn1cnnc1COc1ccc(Br)c2c1C(CN1Cc3ccccc3C1=O)N(C(=O)[C@@H]1CCCC[C@@H]1C(=O)O)CC2. The van der Waals surface area contributed by atoms with E-state index in [-0.39, 0.29) is 25.0 Å². The Labute approximate surface area is 246 Å². The van der Waals surface area contributed by atoms with Crippen molar-refractivity contribution in [3.05, 3.63) is 75.3 Å². The molecule has 2 amide bonds. The fourth-order valence-electron chi connectivity index (χ4n) is 6.55. The first kappa shape index (κ1) is 27.4. The molecule has 1 aliphatic carbocycles. The molecule has 3 aromatic rings. The summed E-state index contributed by atoms with van der Waals surface area (Å²) in [5.74, 6) is -1.18. The highest BCUT2D eigenvalue weighted by Gasteiger charge is 2.44. The van der Waals surface area contributed by atoms with Crippen molar-refractivity contribution in [2.24, 2.45) is 18.9 Å². The minimum absolute atomic E-state index is 0.0715. The van der Waals surface area contributed by atoms with Gasteiger partial charge in [-0.15, -0.1) is 10.2 Å². The van der Waals surface area contributed by atoms with Crippen LogP contribution < -0.4 is 4.74 Å². The Morgan fingerprint density at radius 1 is 1.12 bits per heavy atom. The van der Waals surface area contributed by atoms with Gasteiger partial charge in [0.05, 0.1) is 17.9 Å². The number of hydrogen-bond donors (Lipinski definition) is 1. The Bertz CT molecular complexity index is 1510. The summed E-state index contributed by atoms with van der Waals surface area (Å²) in [4.78, 5) is 43.4. The number of hydrogen-bond acceptors (Lipinski definition) is 6. The van der Waals surface area contributed by atoms with E-state index in [2.05, 4.69) is 26.1 Å². The predicted molar refractivity (Wildman–Crippen MR) is 152 cm³/mol. The van der Waals surface area contributed by atoms with Gasteiger partial charge in [-0.1, -0.05) is 47.0 Å². The summed E-state index contributed by atoms with van der Waals surface area (Å²) in [7, 11) is 1.85. The molecule has 1 unspecified atom stereocenters. The molecule has 1 fully saturated rings. The Morgan fingerprint density at radius 2 is 1.90 bits per heavy atom. The van der Waals surface area contributed by atoms with Crippen molar-refractivity contribution in [1.29, 1.82) is 0 Å². The van der Waals surface area contributed by atoms with Gasteiger partial charge < -0.3 is 24.2 Å². The van der Waals surface area contributed by atoms with Gasteiger partial charge in [-0.25, -0.2) is 0 Å². The molecule has 2 aromatic carbocycles. The monoisotopic (exact) mass is 621 g/mol. The predicted octanol–water partition coefficient (Wildman–Crippen LogP) is 4.13. The van der Waals surface area contributed by atoms with E-state index in [1.165, 1.54) is 0 Å².